The molecule has 7 nitrogen and oxygen atoms in total. The average Bonchev–Trinajstić information content (AvgIpc) is 2.79. The van der Waals surface area contributed by atoms with Gasteiger partial charge in [-0.15, -0.1) is 0 Å². The predicted octanol–water partition coefficient (Wildman–Crippen LogP) is 3.12. The molecule has 0 atom stereocenters. The monoisotopic (exact) mass is 423 g/mol. The number of carbonyl (C=O) groups is 2. The molecule has 1 aromatic heterocycles. The minimum absolute atomic E-state index is 0.130. The number of rotatable bonds is 5. The number of amides is 2. The zero-order valence-corrected chi connectivity index (χ0v) is 17.3. The molecule has 154 valence electrons. The van der Waals surface area contributed by atoms with Crippen molar-refractivity contribution >= 4 is 34.5 Å². The second kappa shape index (κ2) is 9.04. The molecule has 0 fully saturated rings. The van der Waals surface area contributed by atoms with Crippen molar-refractivity contribution in [1.29, 1.82) is 0 Å². The Balaban J connectivity index is 1.42. The molecule has 2 N–H and O–H groups in total. The highest BCUT2D eigenvalue weighted by molar-refractivity contribution is 7.99. The minimum atomic E-state index is -0.362. The molecule has 1 aliphatic heterocycles. The van der Waals surface area contributed by atoms with Crippen LogP contribution in [0.25, 0.3) is 10.9 Å². The number of nitrogens with zero attached hydrogens (tertiary/aromatic N) is 1. The number of hydrogen-bond acceptors (Lipinski definition) is 6. The molecule has 4 rings (SSSR count). The molecule has 0 saturated heterocycles. The van der Waals surface area contributed by atoms with Crippen LogP contribution in [0.15, 0.2) is 53.6 Å². The van der Waals surface area contributed by atoms with E-state index in [2.05, 4.69) is 16.9 Å². The zero-order chi connectivity index (χ0) is 20.9. The van der Waals surface area contributed by atoms with Gasteiger partial charge in [-0.25, -0.2) is 4.98 Å². The van der Waals surface area contributed by atoms with E-state index in [1.165, 1.54) is 11.8 Å². The molecule has 2 amide bonds. The second-order valence-corrected chi connectivity index (χ2v) is 7.62. The van der Waals surface area contributed by atoms with Crippen LogP contribution in [0.1, 0.15) is 22.8 Å². The Bertz CT molecular complexity index is 1090. The number of ether oxygens (including phenoxy) is 2. The third-order valence-electron chi connectivity index (χ3n) is 4.59. The van der Waals surface area contributed by atoms with Gasteiger partial charge in [-0.1, -0.05) is 36.9 Å². The van der Waals surface area contributed by atoms with Gasteiger partial charge >= 0.3 is 0 Å². The highest BCUT2D eigenvalue weighted by Gasteiger charge is 2.16. The van der Waals surface area contributed by atoms with E-state index in [1.807, 2.05) is 25.1 Å². The molecule has 0 saturated carbocycles. The average molecular weight is 423 g/mol. The largest absolute Gasteiger partial charge is 0.486 e. The van der Waals surface area contributed by atoms with E-state index in [4.69, 9.17) is 14.5 Å². The van der Waals surface area contributed by atoms with Gasteiger partial charge in [0.1, 0.15) is 18.2 Å². The number of aromatic nitrogens is 1. The molecule has 0 aliphatic carbocycles. The van der Waals surface area contributed by atoms with Crippen molar-refractivity contribution < 1.29 is 19.1 Å². The summed E-state index contributed by atoms with van der Waals surface area (Å²) in [4.78, 5) is 28.9. The van der Waals surface area contributed by atoms with Crippen LogP contribution in [0.2, 0.25) is 0 Å². The van der Waals surface area contributed by atoms with Crippen molar-refractivity contribution in [1.82, 2.24) is 15.8 Å². The molecule has 3 aromatic rings. The summed E-state index contributed by atoms with van der Waals surface area (Å²) in [6, 6.07) is 14.6. The Morgan fingerprint density at radius 2 is 1.77 bits per heavy atom. The Kier molecular flexibility index (Phi) is 6.04. The zero-order valence-electron chi connectivity index (χ0n) is 16.4. The lowest BCUT2D eigenvalue weighted by molar-refractivity contribution is -0.119. The third kappa shape index (κ3) is 4.49. The standard InChI is InChI=1S/C22H21N3O4S/c1-2-14-10-16-11-18-19(29-9-8-28-18)12-17(16)23-22(14)30-13-20(26)24-25-21(27)15-6-4-3-5-7-15/h3-7,10-12H,2,8-9,13H2,1H3,(H,24,26)(H,25,27). The molecule has 1 aliphatic rings. The van der Waals surface area contributed by atoms with Crippen molar-refractivity contribution in [3.8, 4) is 11.5 Å². The molecular formula is C22H21N3O4S. The first-order valence-electron chi connectivity index (χ1n) is 9.64. The summed E-state index contributed by atoms with van der Waals surface area (Å²) in [7, 11) is 0. The highest BCUT2D eigenvalue weighted by Crippen LogP contribution is 2.35. The van der Waals surface area contributed by atoms with Crippen LogP contribution in [0.5, 0.6) is 11.5 Å². The summed E-state index contributed by atoms with van der Waals surface area (Å²) >= 11 is 1.33. The number of pyridine rings is 1. The van der Waals surface area contributed by atoms with E-state index < -0.39 is 0 Å². The molecule has 0 unspecified atom stereocenters. The number of carbonyl (C=O) groups excluding carboxylic acids is 2. The van der Waals surface area contributed by atoms with Crippen LogP contribution in [-0.4, -0.2) is 35.8 Å². The van der Waals surface area contributed by atoms with Gasteiger partial charge in [0.25, 0.3) is 5.91 Å². The number of fused-ring (bicyclic) bond motifs is 2. The molecular weight excluding hydrogens is 402 g/mol. The summed E-state index contributed by atoms with van der Waals surface area (Å²) in [5, 5.41) is 1.76. The normalized spacial score (nSPS) is 12.4. The summed E-state index contributed by atoms with van der Waals surface area (Å²) < 4.78 is 11.3. The molecule has 2 heterocycles. The van der Waals surface area contributed by atoms with Crippen molar-refractivity contribution in [2.24, 2.45) is 0 Å². The van der Waals surface area contributed by atoms with Crippen LogP contribution >= 0.6 is 11.8 Å². The van der Waals surface area contributed by atoms with Gasteiger partial charge in [0.05, 0.1) is 11.3 Å². The lowest BCUT2D eigenvalue weighted by Gasteiger charge is -2.19. The minimum Gasteiger partial charge on any atom is -0.486 e. The molecule has 0 radical (unpaired) electrons. The summed E-state index contributed by atoms with van der Waals surface area (Å²) in [6.07, 6.45) is 0.784. The fraction of sp³-hybridized carbons (Fsp3) is 0.227. The molecule has 30 heavy (non-hydrogen) atoms. The fourth-order valence-corrected chi connectivity index (χ4v) is 3.96. The van der Waals surface area contributed by atoms with E-state index in [9.17, 15) is 9.59 Å². The van der Waals surface area contributed by atoms with Crippen molar-refractivity contribution in [2.45, 2.75) is 18.4 Å². The smallest absolute Gasteiger partial charge is 0.269 e. The van der Waals surface area contributed by atoms with Gasteiger partial charge in [0.2, 0.25) is 5.91 Å². The molecule has 2 aromatic carbocycles. The van der Waals surface area contributed by atoms with Crippen molar-refractivity contribution in [3.05, 3.63) is 59.7 Å². The highest BCUT2D eigenvalue weighted by atomic mass is 32.2. The Labute approximate surface area is 178 Å². The molecule has 8 heteroatoms. The van der Waals surface area contributed by atoms with Crippen LogP contribution < -0.4 is 20.3 Å². The Hall–Kier alpha value is -3.26. The molecule has 0 bridgehead atoms. The van der Waals surface area contributed by atoms with E-state index in [1.54, 1.807) is 24.3 Å². The van der Waals surface area contributed by atoms with Gasteiger partial charge in [-0.2, -0.15) is 0 Å². The number of aryl methyl sites for hydroxylation is 1. The second-order valence-electron chi connectivity index (χ2n) is 6.65. The van der Waals surface area contributed by atoms with Gasteiger partial charge in [-0.3, -0.25) is 20.4 Å². The van der Waals surface area contributed by atoms with Crippen molar-refractivity contribution in [2.75, 3.05) is 19.0 Å². The van der Waals surface area contributed by atoms with Crippen LogP contribution in [0.3, 0.4) is 0 Å². The van der Waals surface area contributed by atoms with Crippen LogP contribution in [-0.2, 0) is 11.2 Å². The first-order chi connectivity index (χ1) is 14.6. The topological polar surface area (TPSA) is 89.6 Å². The van der Waals surface area contributed by atoms with E-state index >= 15 is 0 Å². The van der Waals surface area contributed by atoms with E-state index in [-0.39, 0.29) is 17.6 Å². The van der Waals surface area contributed by atoms with E-state index in [0.717, 1.165) is 33.7 Å². The van der Waals surface area contributed by atoms with Crippen LogP contribution in [0, 0.1) is 0 Å². The first-order valence-corrected chi connectivity index (χ1v) is 10.6. The Morgan fingerprint density at radius 3 is 2.50 bits per heavy atom. The number of benzene rings is 2. The number of nitrogens with one attached hydrogen (secondary N) is 2. The maximum absolute atomic E-state index is 12.2. The maximum Gasteiger partial charge on any atom is 0.269 e. The summed E-state index contributed by atoms with van der Waals surface area (Å²) in [5.41, 5.74) is 7.18. The van der Waals surface area contributed by atoms with Gasteiger partial charge in [0, 0.05) is 17.0 Å². The summed E-state index contributed by atoms with van der Waals surface area (Å²) in [5.74, 6) is 0.870. The fourth-order valence-electron chi connectivity index (χ4n) is 3.07. The van der Waals surface area contributed by atoms with Crippen LogP contribution in [0.4, 0.5) is 0 Å². The van der Waals surface area contributed by atoms with E-state index in [0.29, 0.717) is 24.5 Å². The molecule has 0 spiro atoms. The van der Waals surface area contributed by atoms with Gasteiger partial charge in [-0.05, 0) is 36.2 Å². The SMILES string of the molecule is CCc1cc2cc3c(cc2nc1SCC(=O)NNC(=O)c1ccccc1)OCCO3. The quantitative estimate of drug-likeness (QED) is 0.484. The lowest BCUT2D eigenvalue weighted by Crippen LogP contribution is -2.42. The number of thioether (sulfide) groups is 1. The summed E-state index contributed by atoms with van der Waals surface area (Å²) in [6.45, 7) is 3.10. The van der Waals surface area contributed by atoms with Crippen molar-refractivity contribution in [3.63, 3.8) is 0 Å². The number of hydrogen-bond donors (Lipinski definition) is 2. The van der Waals surface area contributed by atoms with Gasteiger partial charge in [0.15, 0.2) is 11.5 Å². The maximum atomic E-state index is 12.2. The Morgan fingerprint density at radius 1 is 1.03 bits per heavy atom. The van der Waals surface area contributed by atoms with Gasteiger partial charge < -0.3 is 9.47 Å². The third-order valence-corrected chi connectivity index (χ3v) is 5.62. The number of hydrazine groups is 1. The first kappa shape index (κ1) is 20.0. The predicted molar refractivity (Wildman–Crippen MR) is 115 cm³/mol. The lowest BCUT2D eigenvalue weighted by atomic mass is 10.1.